The van der Waals surface area contributed by atoms with Crippen LogP contribution in [0.5, 0.6) is 5.19 Å². The summed E-state index contributed by atoms with van der Waals surface area (Å²) in [6, 6.07) is 0. The quantitative estimate of drug-likeness (QED) is 0.716. The third kappa shape index (κ3) is 3.48. The molecule has 0 amide bonds. The molecule has 1 rings (SSSR count). The van der Waals surface area contributed by atoms with Crippen LogP contribution in [0, 0.1) is 0 Å². The van der Waals surface area contributed by atoms with E-state index in [9.17, 15) is 0 Å². The summed E-state index contributed by atoms with van der Waals surface area (Å²) in [5.41, 5.74) is 0. The van der Waals surface area contributed by atoms with Crippen molar-refractivity contribution < 1.29 is 4.74 Å². The van der Waals surface area contributed by atoms with Crippen LogP contribution in [-0.4, -0.2) is 16.3 Å². The topological polar surface area (TPSA) is 35.0 Å². The Kier molecular flexibility index (Phi) is 4.45. The Morgan fingerprint density at radius 1 is 1.54 bits per heavy atom. The molecular weight excluding hydrogens is 208 g/mol. The van der Waals surface area contributed by atoms with Crippen LogP contribution in [0.3, 0.4) is 0 Å². The minimum absolute atomic E-state index is 0.209. The maximum absolute atomic E-state index is 5.59. The average Bonchev–Trinajstić information content (AvgIpc) is 2.52. The highest BCUT2D eigenvalue weighted by Gasteiger charge is 2.07. The van der Waals surface area contributed by atoms with Crippen molar-refractivity contribution >= 4 is 22.9 Å². The van der Waals surface area contributed by atoms with Crippen LogP contribution in [0.15, 0.2) is 0 Å². The Bertz CT molecular complexity index is 254. The fraction of sp³-hybridized carbons (Fsp3) is 0.750. The van der Waals surface area contributed by atoms with Gasteiger partial charge in [0, 0.05) is 0 Å². The summed E-state index contributed by atoms with van der Waals surface area (Å²) in [5.74, 6) is 0.406. The van der Waals surface area contributed by atoms with Crippen LogP contribution < -0.4 is 4.74 Å². The Balaban J connectivity index is 2.44. The minimum Gasteiger partial charge on any atom is -0.466 e. The predicted molar refractivity (Wildman–Crippen MR) is 54.5 cm³/mol. The molecule has 0 radical (unpaired) electrons. The third-order valence-electron chi connectivity index (χ3n) is 1.56. The summed E-state index contributed by atoms with van der Waals surface area (Å²) in [5, 5.41) is 9.16. The Morgan fingerprint density at radius 3 is 2.85 bits per heavy atom. The Hall–Kier alpha value is -0.350. The van der Waals surface area contributed by atoms with E-state index >= 15 is 0 Å². The van der Waals surface area contributed by atoms with Crippen LogP contribution in [-0.2, 0) is 5.88 Å². The number of nitrogens with zero attached hydrogens (tertiary/aromatic N) is 2. The number of alkyl halides is 1. The molecule has 0 aliphatic rings. The fourth-order valence-corrected chi connectivity index (χ4v) is 1.83. The number of ether oxygens (including phenoxy) is 1. The van der Waals surface area contributed by atoms with E-state index in [0.717, 1.165) is 17.8 Å². The number of hydrogen-bond acceptors (Lipinski definition) is 4. The highest BCUT2D eigenvalue weighted by Crippen LogP contribution is 2.21. The molecule has 0 aliphatic carbocycles. The van der Waals surface area contributed by atoms with Crippen LogP contribution in [0.2, 0.25) is 0 Å². The van der Waals surface area contributed by atoms with Crippen LogP contribution in [0.4, 0.5) is 0 Å². The van der Waals surface area contributed by atoms with E-state index in [1.165, 1.54) is 11.3 Å². The molecule has 1 atom stereocenters. The van der Waals surface area contributed by atoms with E-state index in [4.69, 9.17) is 16.3 Å². The molecule has 13 heavy (non-hydrogen) atoms. The molecule has 74 valence electrons. The van der Waals surface area contributed by atoms with Gasteiger partial charge in [0.25, 0.3) is 5.19 Å². The summed E-state index contributed by atoms with van der Waals surface area (Å²) in [4.78, 5) is 0. The lowest BCUT2D eigenvalue weighted by Gasteiger charge is -2.09. The molecule has 0 N–H and O–H groups in total. The van der Waals surface area contributed by atoms with E-state index in [1.54, 1.807) is 0 Å². The standard InChI is InChI=1S/C8H13ClN2OS/c1-3-4-6(2)12-8-11-10-7(5-9)13-8/h6H,3-5H2,1-2H3. The first-order valence-corrected chi connectivity index (χ1v) is 5.66. The Labute approximate surface area is 87.1 Å². The summed E-state index contributed by atoms with van der Waals surface area (Å²) >= 11 is 7.00. The average molecular weight is 221 g/mol. The molecule has 0 aliphatic heterocycles. The van der Waals surface area contributed by atoms with E-state index in [2.05, 4.69) is 17.1 Å². The van der Waals surface area contributed by atoms with Crippen LogP contribution in [0.1, 0.15) is 31.7 Å². The summed E-state index contributed by atoms with van der Waals surface area (Å²) in [6.45, 7) is 4.16. The zero-order valence-electron chi connectivity index (χ0n) is 7.79. The molecule has 1 unspecified atom stereocenters. The molecule has 1 aromatic rings. The van der Waals surface area contributed by atoms with Crippen LogP contribution in [0.25, 0.3) is 0 Å². The molecule has 1 aromatic heterocycles. The molecule has 0 spiro atoms. The van der Waals surface area contributed by atoms with E-state index in [-0.39, 0.29) is 6.10 Å². The molecular formula is C8H13ClN2OS. The van der Waals surface area contributed by atoms with Crippen molar-refractivity contribution in [2.24, 2.45) is 0 Å². The normalized spacial score (nSPS) is 12.8. The van der Waals surface area contributed by atoms with Gasteiger partial charge in [-0.1, -0.05) is 24.7 Å². The van der Waals surface area contributed by atoms with Gasteiger partial charge in [-0.2, -0.15) is 0 Å². The third-order valence-corrected chi connectivity index (χ3v) is 2.79. The highest BCUT2D eigenvalue weighted by atomic mass is 35.5. The van der Waals surface area contributed by atoms with Crippen molar-refractivity contribution in [3.05, 3.63) is 5.01 Å². The zero-order valence-corrected chi connectivity index (χ0v) is 9.36. The molecule has 0 saturated heterocycles. The minimum atomic E-state index is 0.209. The van der Waals surface area contributed by atoms with Gasteiger partial charge in [-0.05, 0) is 13.3 Å². The first-order chi connectivity index (χ1) is 6.26. The Morgan fingerprint density at radius 2 is 2.31 bits per heavy atom. The van der Waals surface area contributed by atoms with Gasteiger partial charge in [0.1, 0.15) is 5.01 Å². The lowest BCUT2D eigenvalue weighted by atomic mass is 10.2. The monoisotopic (exact) mass is 220 g/mol. The van der Waals surface area contributed by atoms with Crippen molar-refractivity contribution in [3.63, 3.8) is 0 Å². The first-order valence-electron chi connectivity index (χ1n) is 4.31. The van der Waals surface area contributed by atoms with Crippen molar-refractivity contribution in [2.45, 2.75) is 38.7 Å². The second kappa shape index (κ2) is 5.40. The van der Waals surface area contributed by atoms with E-state index < -0.39 is 0 Å². The largest absolute Gasteiger partial charge is 0.466 e. The number of rotatable bonds is 5. The lowest BCUT2D eigenvalue weighted by Crippen LogP contribution is -2.10. The predicted octanol–water partition coefficient (Wildman–Crippen LogP) is 2.84. The molecule has 1 heterocycles. The molecule has 0 saturated carbocycles. The summed E-state index contributed by atoms with van der Waals surface area (Å²) in [7, 11) is 0. The van der Waals surface area contributed by atoms with Crippen molar-refractivity contribution in [1.82, 2.24) is 10.2 Å². The van der Waals surface area contributed by atoms with Crippen molar-refractivity contribution in [2.75, 3.05) is 0 Å². The van der Waals surface area contributed by atoms with Gasteiger partial charge < -0.3 is 4.74 Å². The van der Waals surface area contributed by atoms with Gasteiger partial charge in [0.05, 0.1) is 12.0 Å². The molecule has 0 aromatic carbocycles. The molecule has 0 fully saturated rings. The van der Waals surface area contributed by atoms with Gasteiger partial charge in [0.2, 0.25) is 0 Å². The second-order valence-electron chi connectivity index (χ2n) is 2.81. The fourth-order valence-electron chi connectivity index (χ4n) is 0.977. The summed E-state index contributed by atoms with van der Waals surface area (Å²) in [6.07, 6.45) is 2.36. The molecule has 5 heteroatoms. The van der Waals surface area contributed by atoms with Gasteiger partial charge >= 0.3 is 0 Å². The molecule has 3 nitrogen and oxygen atoms in total. The van der Waals surface area contributed by atoms with Gasteiger partial charge in [-0.15, -0.1) is 21.8 Å². The number of hydrogen-bond donors (Lipinski definition) is 0. The van der Waals surface area contributed by atoms with E-state index in [0.29, 0.717) is 11.1 Å². The maximum Gasteiger partial charge on any atom is 0.294 e. The molecule has 0 bridgehead atoms. The van der Waals surface area contributed by atoms with Gasteiger partial charge in [-0.25, -0.2) is 0 Å². The smallest absolute Gasteiger partial charge is 0.294 e. The number of aromatic nitrogens is 2. The van der Waals surface area contributed by atoms with E-state index in [1.807, 2.05) is 6.92 Å². The van der Waals surface area contributed by atoms with Gasteiger partial charge in [0.15, 0.2) is 0 Å². The SMILES string of the molecule is CCCC(C)Oc1nnc(CCl)s1. The maximum atomic E-state index is 5.59. The van der Waals surface area contributed by atoms with Gasteiger partial charge in [-0.3, -0.25) is 0 Å². The highest BCUT2D eigenvalue weighted by molar-refractivity contribution is 7.13. The summed E-state index contributed by atoms with van der Waals surface area (Å²) < 4.78 is 5.52. The zero-order chi connectivity index (χ0) is 9.68. The lowest BCUT2D eigenvalue weighted by molar-refractivity contribution is 0.207. The van der Waals surface area contributed by atoms with Crippen molar-refractivity contribution in [3.8, 4) is 5.19 Å². The van der Waals surface area contributed by atoms with Crippen LogP contribution >= 0.6 is 22.9 Å². The first kappa shape index (κ1) is 10.7. The number of halogens is 1. The second-order valence-corrected chi connectivity index (χ2v) is 4.10. The van der Waals surface area contributed by atoms with Crippen molar-refractivity contribution in [1.29, 1.82) is 0 Å².